The maximum Gasteiger partial charge on any atom is 0.490 e. The van der Waals surface area contributed by atoms with Crippen LogP contribution >= 0.6 is 0 Å². The summed E-state index contributed by atoms with van der Waals surface area (Å²) in [4.78, 5) is 92.8. The summed E-state index contributed by atoms with van der Waals surface area (Å²) in [6, 6.07) is 4.81. The van der Waals surface area contributed by atoms with E-state index < -0.39 is 53.9 Å². The highest BCUT2D eigenvalue weighted by Crippen LogP contribution is 2.37. The molecule has 0 unspecified atom stereocenters. The second-order valence-electron chi connectivity index (χ2n) is 16.7. The van der Waals surface area contributed by atoms with Gasteiger partial charge in [-0.1, -0.05) is 78.1 Å². The summed E-state index contributed by atoms with van der Waals surface area (Å²) >= 11 is 0. The summed E-state index contributed by atoms with van der Waals surface area (Å²) in [6.07, 6.45) is 10.8. The lowest BCUT2D eigenvalue weighted by atomic mass is 9.78. The number of β-lactam (4-membered cyclic amide) rings is 2. The summed E-state index contributed by atoms with van der Waals surface area (Å²) < 4.78 is 31.7. The minimum absolute atomic E-state index is 0.166. The smallest absolute Gasteiger partial charge is 0.480 e. The number of amides is 4. The van der Waals surface area contributed by atoms with Crippen LogP contribution < -0.4 is 5.73 Å². The zero-order chi connectivity index (χ0) is 45.2. The monoisotopic (exact) mass is 859 g/mol. The number of carbonyl (C=O) groups is 7. The maximum atomic E-state index is 12.7. The fourth-order valence-corrected chi connectivity index (χ4v) is 8.96. The van der Waals surface area contributed by atoms with E-state index in [4.69, 9.17) is 15.6 Å². The molecule has 15 nitrogen and oxygen atoms in total. The average Bonchev–Trinajstić information content (AvgIpc) is 3.20. The highest BCUT2D eigenvalue weighted by atomic mass is 19.4. The summed E-state index contributed by atoms with van der Waals surface area (Å²) in [7, 11) is 0. The minimum atomic E-state index is -5.08. The van der Waals surface area contributed by atoms with Gasteiger partial charge in [-0.15, -0.1) is 0 Å². The number of rotatable bonds is 12. The van der Waals surface area contributed by atoms with E-state index in [1.165, 1.54) is 44.7 Å². The molecular weight excluding hydrogens is 803 g/mol. The lowest BCUT2D eigenvalue weighted by Gasteiger charge is -2.43. The molecule has 2 saturated heterocycles. The van der Waals surface area contributed by atoms with Crippen LogP contribution in [0.5, 0.6) is 0 Å². The number of hydrogen-bond acceptors (Lipinski definition) is 10. The van der Waals surface area contributed by atoms with Crippen molar-refractivity contribution < 1.29 is 62.1 Å². The van der Waals surface area contributed by atoms with Crippen LogP contribution in [0.15, 0.2) is 36.7 Å². The first-order valence-electron chi connectivity index (χ1n) is 20.8. The number of aliphatic carboxylic acids is 3. The van der Waals surface area contributed by atoms with E-state index >= 15 is 0 Å². The number of carboxylic acids is 3. The van der Waals surface area contributed by atoms with Gasteiger partial charge < -0.3 is 21.1 Å². The van der Waals surface area contributed by atoms with Crippen molar-refractivity contribution in [2.75, 3.05) is 5.73 Å². The number of nitrogens with two attached hydrogens (primary N) is 1. The number of pyridine rings is 2. The van der Waals surface area contributed by atoms with Gasteiger partial charge in [0.05, 0.1) is 11.8 Å². The SMILES string of the molecule is C[C@@H](CC(=O)N1C(=O)[C@H](Cc2ccnc(N)c2)[C@H]1C(=O)O)C1CCCCC1.Cc1cc(C[C@H]2C(=O)N(C(=O)C[C@H](C)C3CCCCC3)[C@@H]2C(=O)O)ccn1.O=C(O)C(F)(F)F. The number of likely N-dealkylation sites (tertiary alicyclic amines) is 2. The van der Waals surface area contributed by atoms with Crippen LogP contribution in [0, 0.1) is 42.4 Å². The first-order chi connectivity index (χ1) is 28.7. The Balaban J connectivity index is 0.000000233. The molecule has 4 amide bonds. The number of carboxylic acid groups (broad SMARTS) is 3. The van der Waals surface area contributed by atoms with Crippen LogP contribution in [0.1, 0.15) is 108 Å². The highest BCUT2D eigenvalue weighted by Gasteiger charge is 2.55. The van der Waals surface area contributed by atoms with E-state index in [1.54, 1.807) is 24.4 Å². The number of anilines is 1. The van der Waals surface area contributed by atoms with Crippen molar-refractivity contribution in [1.29, 1.82) is 0 Å². The molecule has 2 saturated carbocycles. The lowest BCUT2D eigenvalue weighted by Crippen LogP contribution is -2.67. The van der Waals surface area contributed by atoms with Crippen molar-refractivity contribution in [2.24, 2.45) is 35.5 Å². The molecule has 0 radical (unpaired) electrons. The van der Waals surface area contributed by atoms with E-state index in [9.17, 15) is 52.2 Å². The molecular formula is C43H56F3N5O10. The standard InChI is InChI=1S/C21H28N2O4.C20H27N3O4.C2HF3O2/c1-13(16-6-4-3-5-7-16)10-18(24)23-19(21(26)27)17(20(23)25)12-15-8-9-22-14(2)11-15;1-12(14-5-3-2-4-6-14)9-17(24)23-18(20(26)27)15(19(23)25)10-13-7-8-22-16(21)11-13;3-2(4,5)1(6)7/h8-9,11,13,16-17,19H,3-7,10,12H2,1-2H3,(H,26,27);7-8,11-12,14-15,18H,2-6,9-10H2,1H3,(H2,21,22)(H,26,27);(H,6,7)/t13-,17+,19-;12-,15+,18-;/m00./s1. The number of nitrogen functional groups attached to an aromatic ring is 1. The molecule has 0 spiro atoms. The molecule has 4 aliphatic rings. The zero-order valence-electron chi connectivity index (χ0n) is 34.7. The third kappa shape index (κ3) is 12.8. The predicted octanol–water partition coefficient (Wildman–Crippen LogP) is 5.86. The van der Waals surface area contributed by atoms with Crippen molar-refractivity contribution >= 4 is 47.4 Å². The molecule has 0 bridgehead atoms. The van der Waals surface area contributed by atoms with Gasteiger partial charge in [-0.25, -0.2) is 19.4 Å². The van der Waals surface area contributed by atoms with Gasteiger partial charge >= 0.3 is 24.1 Å². The molecule has 2 aliphatic carbocycles. The van der Waals surface area contributed by atoms with E-state index in [1.807, 2.05) is 26.8 Å². The third-order valence-corrected chi connectivity index (χ3v) is 12.3. The number of aryl methyl sites for hydroxylation is 1. The number of hydrogen-bond donors (Lipinski definition) is 4. The summed E-state index contributed by atoms with van der Waals surface area (Å²) in [5.41, 5.74) is 8.08. The van der Waals surface area contributed by atoms with E-state index in [-0.39, 0.29) is 48.8 Å². The van der Waals surface area contributed by atoms with Crippen LogP contribution in [-0.2, 0) is 46.4 Å². The Labute approximate surface area is 352 Å². The molecule has 6 atom stereocenters. The Morgan fingerprint density at radius 2 is 1.08 bits per heavy atom. The van der Waals surface area contributed by atoms with Crippen molar-refractivity contribution in [2.45, 2.75) is 129 Å². The Kier molecular flexibility index (Phi) is 16.9. The van der Waals surface area contributed by atoms with Crippen molar-refractivity contribution in [3.8, 4) is 0 Å². The van der Waals surface area contributed by atoms with E-state index in [0.717, 1.165) is 52.3 Å². The topological polar surface area (TPSA) is 238 Å². The first kappa shape index (κ1) is 48.2. The molecule has 4 heterocycles. The summed E-state index contributed by atoms with van der Waals surface area (Å²) in [5.74, 6) is -6.24. The maximum absolute atomic E-state index is 12.7. The van der Waals surface area contributed by atoms with Crippen LogP contribution in [0.25, 0.3) is 0 Å². The van der Waals surface area contributed by atoms with Gasteiger partial charge in [-0.05, 0) is 78.8 Å². The summed E-state index contributed by atoms with van der Waals surface area (Å²) in [6.45, 7) is 5.93. The Bertz CT molecular complexity index is 1790. The predicted molar refractivity (Wildman–Crippen MR) is 213 cm³/mol. The normalized spacial score (nSPS) is 22.9. The van der Waals surface area contributed by atoms with Gasteiger partial charge in [0, 0.05) is 30.9 Å². The van der Waals surface area contributed by atoms with Gasteiger partial charge in [0.15, 0.2) is 0 Å². The molecule has 0 aromatic carbocycles. The minimum Gasteiger partial charge on any atom is -0.480 e. The molecule has 61 heavy (non-hydrogen) atoms. The number of carbonyl (C=O) groups excluding carboxylic acids is 4. The van der Waals surface area contributed by atoms with Crippen molar-refractivity contribution in [1.82, 2.24) is 19.8 Å². The second-order valence-corrected chi connectivity index (χ2v) is 16.7. The molecule has 2 aromatic rings. The number of nitrogens with zero attached hydrogens (tertiary/aromatic N) is 4. The zero-order valence-corrected chi connectivity index (χ0v) is 34.7. The molecule has 6 rings (SSSR count). The van der Waals surface area contributed by atoms with E-state index in [0.29, 0.717) is 24.1 Å². The van der Waals surface area contributed by atoms with Crippen LogP contribution in [-0.4, -0.2) is 94.9 Å². The Morgan fingerprint density at radius 1 is 0.705 bits per heavy atom. The molecule has 18 heteroatoms. The molecule has 334 valence electrons. The third-order valence-electron chi connectivity index (χ3n) is 12.3. The van der Waals surface area contributed by atoms with Gasteiger partial charge in [0.25, 0.3) is 0 Å². The fourth-order valence-electron chi connectivity index (χ4n) is 8.96. The molecule has 2 aromatic heterocycles. The van der Waals surface area contributed by atoms with Gasteiger partial charge in [-0.3, -0.25) is 34.0 Å². The molecule has 5 N–H and O–H groups in total. The number of halogens is 3. The fraction of sp³-hybridized carbons (Fsp3) is 0.605. The molecule has 4 fully saturated rings. The second kappa shape index (κ2) is 21.4. The highest BCUT2D eigenvalue weighted by molar-refractivity contribution is 6.09. The van der Waals surface area contributed by atoms with Gasteiger partial charge in [0.2, 0.25) is 23.6 Å². The Hall–Kier alpha value is -5.42. The number of alkyl halides is 3. The van der Waals surface area contributed by atoms with Crippen LogP contribution in [0.3, 0.4) is 0 Å². The number of imide groups is 2. The largest absolute Gasteiger partial charge is 0.490 e. The first-order valence-corrected chi connectivity index (χ1v) is 20.8. The van der Waals surface area contributed by atoms with Crippen molar-refractivity contribution in [3.63, 3.8) is 0 Å². The van der Waals surface area contributed by atoms with Crippen LogP contribution in [0.4, 0.5) is 19.0 Å². The van der Waals surface area contributed by atoms with Gasteiger partial charge in [0.1, 0.15) is 17.9 Å². The number of aromatic nitrogens is 2. The average molecular weight is 860 g/mol. The Morgan fingerprint density at radius 3 is 1.43 bits per heavy atom. The van der Waals surface area contributed by atoms with E-state index in [2.05, 4.69) is 9.97 Å². The van der Waals surface area contributed by atoms with Crippen molar-refractivity contribution in [3.05, 3.63) is 53.5 Å². The van der Waals surface area contributed by atoms with Gasteiger partial charge in [-0.2, -0.15) is 13.2 Å². The quantitative estimate of drug-likeness (QED) is 0.183. The summed E-state index contributed by atoms with van der Waals surface area (Å²) in [5, 5.41) is 26.3. The molecule has 2 aliphatic heterocycles. The van der Waals surface area contributed by atoms with Crippen LogP contribution in [0.2, 0.25) is 0 Å². The lowest BCUT2D eigenvalue weighted by molar-refractivity contribution is -0.192.